The van der Waals surface area contributed by atoms with Crippen LogP contribution in [0.2, 0.25) is 0 Å². The van der Waals surface area contributed by atoms with E-state index in [-0.39, 0.29) is 103 Å². The molecule has 0 atom stereocenters. The Morgan fingerprint density at radius 3 is 0.529 bits per heavy atom. The van der Waals surface area contributed by atoms with Crippen LogP contribution in [0, 0.1) is 0 Å². The van der Waals surface area contributed by atoms with E-state index < -0.39 is 60.0 Å². The fourth-order valence-electron chi connectivity index (χ4n) is 0. The van der Waals surface area contributed by atoms with Crippen molar-refractivity contribution >= 4 is 17.9 Å². The van der Waals surface area contributed by atoms with Crippen molar-refractivity contribution in [2.75, 3.05) is 0 Å². The van der Waals surface area contributed by atoms with Crippen molar-refractivity contribution in [2.45, 2.75) is 0 Å². The van der Waals surface area contributed by atoms with Crippen LogP contribution >= 0.6 is 0 Å². The molecular weight excluding hydrogens is 652 g/mol. The normalized spacial score (nSPS) is 13.8. The zero-order chi connectivity index (χ0) is 13.6. The Bertz CT molecular complexity index is 133. The fourth-order valence-corrected chi connectivity index (χ4v) is 0. The Hall–Kier alpha value is 5.04. The molecule has 100 valence electrons. The van der Waals surface area contributed by atoms with E-state index in [1.54, 1.807) is 0 Å². The second-order valence-corrected chi connectivity index (χ2v) is 10.8. The van der Waals surface area contributed by atoms with Crippen LogP contribution in [0.1, 0.15) is 0 Å². The van der Waals surface area contributed by atoms with E-state index in [0.29, 0.717) is 0 Å². The van der Waals surface area contributed by atoms with Crippen LogP contribution in [-0.2, 0) is 0 Å². The molecule has 0 saturated heterocycles. The minimum atomic E-state index is -8.18. The van der Waals surface area contributed by atoms with Gasteiger partial charge in [-0.05, 0) is 0 Å². The van der Waals surface area contributed by atoms with Crippen LogP contribution in [0.25, 0.3) is 0 Å². The summed E-state index contributed by atoms with van der Waals surface area (Å²) in [6, 6.07) is 0. The molecule has 0 aliphatic rings. The third-order valence-corrected chi connectivity index (χ3v) is 0. The molecule has 0 fully saturated rings. The first-order valence-electron chi connectivity index (χ1n) is 2.02. The van der Waals surface area contributed by atoms with Gasteiger partial charge in [-0.2, -0.15) is 0 Å². The Labute approximate surface area is 198 Å². The summed E-state index contributed by atoms with van der Waals surface area (Å²) in [6.07, 6.45) is 0. The minimum absolute atomic E-state index is 0. The van der Waals surface area contributed by atoms with Gasteiger partial charge in [0.05, 0.1) is 0 Å². The van der Waals surface area contributed by atoms with Gasteiger partial charge < -0.3 is 20.6 Å². The molecule has 0 saturated carbocycles. The molecular formula is H6I2K2O12Te. The molecule has 6 N–H and O–H groups in total. The van der Waals surface area contributed by atoms with E-state index in [1.165, 1.54) is 0 Å². The van der Waals surface area contributed by atoms with Gasteiger partial charge in [0.15, 0.2) is 0 Å². The van der Waals surface area contributed by atoms with Gasteiger partial charge in [0.2, 0.25) is 0 Å². The zero-order valence-corrected chi connectivity index (χ0v) is 21.2. The number of hydrogen-bond donors (Lipinski definition) is 6. The van der Waals surface area contributed by atoms with E-state index in [1.807, 2.05) is 0 Å². The first kappa shape index (κ1) is 33.6. The standard InChI is InChI=1S/2IO3.2K.H6O6Te/c2*2-1(3)4;;;1-7(2,3,4,5)6/h;;;;1-6H/q2*-1;2*+1;. The van der Waals surface area contributed by atoms with Crippen LogP contribution in [-0.4, -0.2) is 38.7 Å². The largest absolute Gasteiger partial charge is 1.00 e. The second-order valence-electron chi connectivity index (χ2n) is 1.60. The summed E-state index contributed by atoms with van der Waals surface area (Å²) < 4.78 is 96.0. The van der Waals surface area contributed by atoms with Gasteiger partial charge in [-0.25, -0.2) is 0 Å². The van der Waals surface area contributed by atoms with E-state index in [9.17, 15) is 0 Å². The molecule has 0 aromatic rings. The Morgan fingerprint density at radius 2 is 0.529 bits per heavy atom. The van der Waals surface area contributed by atoms with Crippen molar-refractivity contribution in [1.29, 1.82) is 0 Å². The maximum atomic E-state index is 8.57. The van der Waals surface area contributed by atoms with Crippen molar-refractivity contribution < 1.29 is 186 Å². The number of rotatable bonds is 0. The van der Waals surface area contributed by atoms with Crippen LogP contribution < -0.4 is 166 Å². The van der Waals surface area contributed by atoms with Crippen LogP contribution in [0.15, 0.2) is 0 Å². The summed E-state index contributed by atoms with van der Waals surface area (Å²) in [5.41, 5.74) is 0. The summed E-state index contributed by atoms with van der Waals surface area (Å²) in [4.78, 5) is 0. The maximum Gasteiger partial charge on any atom is 1.00 e. The Kier molecular flexibility index (Phi) is 24.6. The van der Waals surface area contributed by atoms with Gasteiger partial charge in [-0.3, -0.25) is 0 Å². The maximum absolute atomic E-state index is 8.57. The summed E-state index contributed by atoms with van der Waals surface area (Å²) >= 11 is -16.2. The van der Waals surface area contributed by atoms with Crippen molar-refractivity contribution in [1.82, 2.24) is 0 Å². The molecule has 0 radical (unpaired) electrons. The van der Waals surface area contributed by atoms with Crippen molar-refractivity contribution in [3.63, 3.8) is 0 Å². The van der Waals surface area contributed by atoms with E-state index in [2.05, 4.69) is 0 Å². The molecule has 0 rings (SSSR count). The topological polar surface area (TPSA) is 260 Å². The predicted octanol–water partition coefficient (Wildman–Crippen LogP) is -22.8. The molecule has 0 amide bonds. The molecule has 0 unspecified atom stereocenters. The first-order valence-corrected chi connectivity index (χ1v) is 13.6. The molecule has 17 heavy (non-hydrogen) atoms. The Balaban J connectivity index is -0.0000000425. The van der Waals surface area contributed by atoms with Crippen LogP contribution in [0.5, 0.6) is 0 Å². The first-order chi connectivity index (χ1) is 5.91. The van der Waals surface area contributed by atoms with Crippen molar-refractivity contribution in [2.24, 2.45) is 0 Å². The average Bonchev–Trinajstić information content (AvgIpc) is 1.44. The van der Waals surface area contributed by atoms with Gasteiger partial charge in [-0.15, -0.1) is 0 Å². The molecule has 0 aliphatic carbocycles. The van der Waals surface area contributed by atoms with Gasteiger partial charge in [0.1, 0.15) is 0 Å². The van der Waals surface area contributed by atoms with Crippen molar-refractivity contribution in [3.05, 3.63) is 0 Å². The van der Waals surface area contributed by atoms with Crippen LogP contribution in [0.3, 0.4) is 0 Å². The third-order valence-electron chi connectivity index (χ3n) is 0. The summed E-state index contributed by atoms with van der Waals surface area (Å²) in [7, 11) is 0. The van der Waals surface area contributed by atoms with Crippen molar-refractivity contribution in [3.8, 4) is 0 Å². The molecule has 0 aliphatic heterocycles. The molecule has 0 aromatic carbocycles. The smallest absolute Gasteiger partial charge is 0.427 e. The fraction of sp³-hybridized carbons (Fsp3) is 0. The monoisotopic (exact) mass is 660 g/mol. The third kappa shape index (κ3) is 300. The molecule has 0 aromatic heterocycles. The molecule has 0 heterocycles. The molecule has 12 nitrogen and oxygen atoms in total. The summed E-state index contributed by atoms with van der Waals surface area (Å²) in [5, 5.41) is 0. The zero-order valence-electron chi connectivity index (χ0n) is 8.30. The SMILES string of the molecule is O[Te](O)(O)(O)(O)O.[K+].[K+].[O-][I+2]([O-])[O-].[O-][I+2]([O-])[O-]. The molecule has 0 spiro atoms. The van der Waals surface area contributed by atoms with Gasteiger partial charge >= 0.3 is 141 Å². The van der Waals surface area contributed by atoms with E-state index in [0.717, 1.165) is 0 Å². The summed E-state index contributed by atoms with van der Waals surface area (Å²) in [6.45, 7) is 0. The predicted molar refractivity (Wildman–Crippen MR) is 19.1 cm³/mol. The van der Waals surface area contributed by atoms with Gasteiger partial charge in [-0.1, -0.05) is 0 Å². The van der Waals surface area contributed by atoms with Gasteiger partial charge in [0, 0.05) is 0 Å². The number of halogens is 2. The van der Waals surface area contributed by atoms with Gasteiger partial charge in [0.25, 0.3) is 42.1 Å². The molecule has 17 heteroatoms. The van der Waals surface area contributed by atoms with E-state index in [4.69, 9.17) is 41.4 Å². The second kappa shape index (κ2) is 12.5. The quantitative estimate of drug-likeness (QED) is 0.105. The average molecular weight is 658 g/mol. The Morgan fingerprint density at radius 1 is 0.529 bits per heavy atom. The minimum Gasteiger partial charge on any atom is -0.427 e. The van der Waals surface area contributed by atoms with Crippen LogP contribution in [0.4, 0.5) is 0 Å². The summed E-state index contributed by atoms with van der Waals surface area (Å²) in [5.74, 6) is 0. The van der Waals surface area contributed by atoms with E-state index >= 15 is 0 Å². The number of hydrogen-bond acceptors (Lipinski definition) is 12. The molecule has 0 bridgehead atoms.